The van der Waals surface area contributed by atoms with Crippen LogP contribution in [0.3, 0.4) is 0 Å². The minimum absolute atomic E-state index is 0.0000460. The topological polar surface area (TPSA) is 111 Å². The summed E-state index contributed by atoms with van der Waals surface area (Å²) < 4.78 is 36.8. The van der Waals surface area contributed by atoms with E-state index in [4.69, 9.17) is 32.7 Å². The Morgan fingerprint density at radius 3 is 1.44 bits per heavy atom. The third-order valence-corrected chi connectivity index (χ3v) is 4.97. The summed E-state index contributed by atoms with van der Waals surface area (Å²) in [5.74, 6) is -4.29. The van der Waals surface area contributed by atoms with Gasteiger partial charge in [0.1, 0.15) is 11.6 Å². The van der Waals surface area contributed by atoms with Crippen molar-refractivity contribution in [1.29, 1.82) is 0 Å². The second-order valence-electron chi connectivity index (χ2n) is 6.78. The Hall–Kier alpha value is -3.24. The molecule has 0 aliphatic carbocycles. The molecule has 0 spiro atoms. The van der Waals surface area contributed by atoms with Gasteiger partial charge in [-0.25, -0.2) is 8.78 Å². The molecule has 0 aromatic heterocycles. The second-order valence-corrected chi connectivity index (χ2v) is 7.59. The molecule has 2 N–H and O–H groups in total. The highest BCUT2D eigenvalue weighted by Gasteiger charge is 2.15. The molecule has 2 rings (SSSR count). The van der Waals surface area contributed by atoms with Crippen molar-refractivity contribution in [1.82, 2.24) is 10.6 Å². The second kappa shape index (κ2) is 13.5. The number of carbonyl (C=O) groups is 4. The van der Waals surface area contributed by atoms with Gasteiger partial charge in [0, 0.05) is 34.3 Å². The number of rotatable bonds is 11. The van der Waals surface area contributed by atoms with Crippen molar-refractivity contribution in [3.63, 3.8) is 0 Å². The van der Waals surface area contributed by atoms with Gasteiger partial charge in [0.05, 0.1) is 12.8 Å². The summed E-state index contributed by atoms with van der Waals surface area (Å²) >= 11 is 11.7. The highest BCUT2D eigenvalue weighted by molar-refractivity contribution is 6.31. The minimum Gasteiger partial charge on any atom is -0.455 e. The fourth-order valence-corrected chi connectivity index (χ4v) is 3.05. The highest BCUT2D eigenvalue weighted by atomic mass is 35.5. The van der Waals surface area contributed by atoms with Crippen molar-refractivity contribution in [3.05, 3.63) is 69.2 Å². The van der Waals surface area contributed by atoms with Crippen molar-refractivity contribution in [2.24, 2.45) is 0 Å². The summed E-state index contributed by atoms with van der Waals surface area (Å²) in [6, 6.07) is 7.93. The van der Waals surface area contributed by atoms with Crippen LogP contribution in [0, 0.1) is 11.6 Å². The Bertz CT molecular complexity index is 944. The lowest BCUT2D eigenvalue weighted by Crippen LogP contribution is -2.38. The summed E-state index contributed by atoms with van der Waals surface area (Å²) in [4.78, 5) is 47.0. The predicted octanol–water partition coefficient (Wildman–Crippen LogP) is 2.38. The van der Waals surface area contributed by atoms with Gasteiger partial charge in [-0.3, -0.25) is 19.2 Å². The van der Waals surface area contributed by atoms with Crippen molar-refractivity contribution < 1.29 is 37.4 Å². The van der Waals surface area contributed by atoms with Crippen molar-refractivity contribution in [2.45, 2.75) is 12.8 Å². The first kappa shape index (κ1) is 27.0. The molecule has 2 aromatic carbocycles. The number of halogens is 4. The summed E-state index contributed by atoms with van der Waals surface area (Å²) in [5, 5.41) is 4.93. The zero-order valence-corrected chi connectivity index (χ0v) is 19.2. The monoisotopic (exact) mass is 516 g/mol. The first-order valence-corrected chi connectivity index (χ1v) is 10.6. The van der Waals surface area contributed by atoms with Gasteiger partial charge in [0.15, 0.2) is 13.2 Å². The van der Waals surface area contributed by atoms with Gasteiger partial charge >= 0.3 is 11.9 Å². The minimum atomic E-state index is -0.839. The maximum Gasteiger partial charge on any atom is 0.310 e. The van der Waals surface area contributed by atoms with E-state index < -0.39 is 61.4 Å². The Morgan fingerprint density at radius 2 is 1.09 bits per heavy atom. The number of nitrogens with one attached hydrogen (secondary N) is 2. The molecule has 0 aliphatic rings. The Kier molecular flexibility index (Phi) is 10.7. The van der Waals surface area contributed by atoms with Crippen LogP contribution in [0.5, 0.6) is 0 Å². The van der Waals surface area contributed by atoms with Crippen LogP contribution in [0.1, 0.15) is 11.1 Å². The number of esters is 2. The average Bonchev–Trinajstić information content (AvgIpc) is 2.79. The normalized spacial score (nSPS) is 10.4. The van der Waals surface area contributed by atoms with E-state index in [1.54, 1.807) is 0 Å². The lowest BCUT2D eigenvalue weighted by Gasteiger charge is -2.09. The number of hydrogen-bond donors (Lipinski definition) is 2. The number of amides is 2. The molecule has 34 heavy (non-hydrogen) atoms. The first-order valence-electron chi connectivity index (χ1n) is 9.87. The third kappa shape index (κ3) is 8.95. The van der Waals surface area contributed by atoms with Gasteiger partial charge in [-0.15, -0.1) is 0 Å². The molecule has 182 valence electrons. The summed E-state index contributed by atoms with van der Waals surface area (Å²) in [6.07, 6.45) is -0.868. The van der Waals surface area contributed by atoms with Crippen LogP contribution in [0.4, 0.5) is 8.78 Å². The summed E-state index contributed by atoms with van der Waals surface area (Å²) in [7, 11) is 0. The van der Waals surface area contributed by atoms with E-state index >= 15 is 0 Å². The molecule has 12 heteroatoms. The van der Waals surface area contributed by atoms with E-state index in [2.05, 4.69) is 10.6 Å². The molecule has 0 aliphatic heterocycles. The number of carbonyl (C=O) groups excluding carboxylic acids is 4. The lowest BCUT2D eigenvalue weighted by atomic mass is 10.1. The fourth-order valence-electron chi connectivity index (χ4n) is 2.59. The van der Waals surface area contributed by atoms with Crippen molar-refractivity contribution >= 4 is 47.0 Å². The number of benzene rings is 2. The first-order chi connectivity index (χ1) is 16.2. The molecule has 8 nitrogen and oxygen atoms in total. The van der Waals surface area contributed by atoms with Crippen LogP contribution in [0.25, 0.3) is 0 Å². The molecule has 0 saturated carbocycles. The van der Waals surface area contributed by atoms with E-state index in [0.29, 0.717) is 0 Å². The van der Waals surface area contributed by atoms with E-state index in [-0.39, 0.29) is 34.3 Å². The molecule has 0 fully saturated rings. The molecule has 2 aromatic rings. The maximum absolute atomic E-state index is 13.7. The fraction of sp³-hybridized carbons (Fsp3) is 0.273. The van der Waals surface area contributed by atoms with Gasteiger partial charge in [0.25, 0.3) is 11.8 Å². The van der Waals surface area contributed by atoms with E-state index in [9.17, 15) is 28.0 Å². The standard InChI is InChI=1S/C22H20Cl2F2N2O6/c23-15-3-1-5-17(25)13(15)9-21(31)33-11-19(29)27-7-8-28-20(30)12-34-22(32)10-14-16(24)4-2-6-18(14)26/h1-6H,7-12H2,(H,27,29)(H,28,30). The largest absolute Gasteiger partial charge is 0.455 e. The van der Waals surface area contributed by atoms with Gasteiger partial charge in [-0.05, 0) is 24.3 Å². The molecule has 0 radical (unpaired) electrons. The zero-order valence-electron chi connectivity index (χ0n) is 17.7. The molecular formula is C22H20Cl2F2N2O6. The van der Waals surface area contributed by atoms with Crippen LogP contribution in [-0.2, 0) is 41.5 Å². The smallest absolute Gasteiger partial charge is 0.310 e. The zero-order chi connectivity index (χ0) is 25.1. The quantitative estimate of drug-likeness (QED) is 0.350. The third-order valence-electron chi connectivity index (χ3n) is 4.26. The van der Waals surface area contributed by atoms with E-state index in [1.165, 1.54) is 24.3 Å². The Morgan fingerprint density at radius 1 is 0.706 bits per heavy atom. The van der Waals surface area contributed by atoms with Gasteiger partial charge in [0.2, 0.25) is 0 Å². The van der Waals surface area contributed by atoms with E-state index in [0.717, 1.165) is 12.1 Å². The maximum atomic E-state index is 13.7. The number of ether oxygens (including phenoxy) is 2. The van der Waals surface area contributed by atoms with Crippen LogP contribution in [0.2, 0.25) is 10.0 Å². The van der Waals surface area contributed by atoms with E-state index in [1.807, 2.05) is 0 Å². The molecular weight excluding hydrogens is 497 g/mol. The Balaban J connectivity index is 1.59. The van der Waals surface area contributed by atoms with Crippen molar-refractivity contribution in [2.75, 3.05) is 26.3 Å². The van der Waals surface area contributed by atoms with Crippen LogP contribution >= 0.6 is 23.2 Å². The van der Waals surface area contributed by atoms with Crippen LogP contribution in [0.15, 0.2) is 36.4 Å². The number of hydrogen-bond acceptors (Lipinski definition) is 6. The lowest BCUT2D eigenvalue weighted by molar-refractivity contribution is -0.148. The molecule has 0 bridgehead atoms. The van der Waals surface area contributed by atoms with Gasteiger partial charge < -0.3 is 20.1 Å². The molecule has 0 heterocycles. The SMILES string of the molecule is O=C(COC(=O)Cc1c(F)cccc1Cl)NCCNC(=O)COC(=O)Cc1c(F)cccc1Cl. The van der Waals surface area contributed by atoms with Gasteiger partial charge in [-0.1, -0.05) is 35.3 Å². The summed E-state index contributed by atoms with van der Waals surface area (Å²) in [6.45, 7) is -1.20. The average molecular weight is 517 g/mol. The van der Waals surface area contributed by atoms with Crippen LogP contribution < -0.4 is 10.6 Å². The summed E-state index contributed by atoms with van der Waals surface area (Å²) in [5.41, 5.74) is -0.0648. The van der Waals surface area contributed by atoms with Crippen molar-refractivity contribution in [3.8, 4) is 0 Å². The predicted molar refractivity (Wildman–Crippen MR) is 118 cm³/mol. The highest BCUT2D eigenvalue weighted by Crippen LogP contribution is 2.20. The van der Waals surface area contributed by atoms with Gasteiger partial charge in [-0.2, -0.15) is 0 Å². The van der Waals surface area contributed by atoms with Crippen LogP contribution in [-0.4, -0.2) is 50.1 Å². The molecule has 2 amide bonds. The Labute approximate surface area is 203 Å². The molecule has 0 unspecified atom stereocenters. The molecule has 0 saturated heterocycles. The molecule has 0 atom stereocenters.